The Kier molecular flexibility index (Phi) is 4.22. The van der Waals surface area contributed by atoms with Gasteiger partial charge in [0, 0.05) is 10.4 Å². The van der Waals surface area contributed by atoms with E-state index in [0.29, 0.717) is 16.9 Å². The van der Waals surface area contributed by atoms with Gasteiger partial charge in [0.2, 0.25) is 0 Å². The van der Waals surface area contributed by atoms with Gasteiger partial charge in [-0.15, -0.1) is 11.3 Å². The predicted molar refractivity (Wildman–Crippen MR) is 74.9 cm³/mol. The third-order valence-corrected chi connectivity index (χ3v) is 4.12. The molecule has 0 saturated heterocycles. The SMILES string of the molecule is COC(=O)Cc1sc(C(F)(F)F)c(-c2ccccc2)c1N. The highest BCUT2D eigenvalue weighted by molar-refractivity contribution is 7.13. The second-order valence-electron chi connectivity index (χ2n) is 4.26. The Morgan fingerprint density at radius 3 is 2.43 bits per heavy atom. The van der Waals surface area contributed by atoms with E-state index in [1.165, 1.54) is 7.11 Å². The van der Waals surface area contributed by atoms with Gasteiger partial charge in [0.25, 0.3) is 0 Å². The molecule has 0 fully saturated rings. The van der Waals surface area contributed by atoms with Gasteiger partial charge in [-0.2, -0.15) is 13.2 Å². The lowest BCUT2D eigenvalue weighted by Gasteiger charge is -2.08. The van der Waals surface area contributed by atoms with Crippen LogP contribution in [0.3, 0.4) is 0 Å². The number of benzene rings is 1. The summed E-state index contributed by atoms with van der Waals surface area (Å²) in [4.78, 5) is 10.6. The van der Waals surface area contributed by atoms with E-state index < -0.39 is 17.0 Å². The van der Waals surface area contributed by atoms with Crippen molar-refractivity contribution in [2.75, 3.05) is 12.8 Å². The second-order valence-corrected chi connectivity index (χ2v) is 5.36. The Morgan fingerprint density at radius 2 is 1.90 bits per heavy atom. The molecular formula is C14H12F3NO2S. The van der Waals surface area contributed by atoms with Gasteiger partial charge in [0.05, 0.1) is 19.2 Å². The van der Waals surface area contributed by atoms with Crippen LogP contribution in [0.5, 0.6) is 0 Å². The van der Waals surface area contributed by atoms with Gasteiger partial charge in [-0.1, -0.05) is 30.3 Å². The Morgan fingerprint density at radius 1 is 1.29 bits per heavy atom. The van der Waals surface area contributed by atoms with E-state index in [2.05, 4.69) is 4.74 Å². The average molecular weight is 315 g/mol. The molecule has 0 aliphatic heterocycles. The molecule has 7 heteroatoms. The summed E-state index contributed by atoms with van der Waals surface area (Å²) in [6.45, 7) is 0. The molecule has 0 aliphatic carbocycles. The summed E-state index contributed by atoms with van der Waals surface area (Å²) >= 11 is 0.481. The van der Waals surface area contributed by atoms with E-state index >= 15 is 0 Å². The van der Waals surface area contributed by atoms with Crippen molar-refractivity contribution in [1.29, 1.82) is 0 Å². The maximum absolute atomic E-state index is 13.2. The average Bonchev–Trinajstić information content (AvgIpc) is 2.77. The minimum Gasteiger partial charge on any atom is -0.469 e. The number of carbonyl (C=O) groups is 1. The first-order chi connectivity index (χ1) is 9.84. The highest BCUT2D eigenvalue weighted by Crippen LogP contribution is 2.47. The van der Waals surface area contributed by atoms with Gasteiger partial charge >= 0.3 is 12.1 Å². The van der Waals surface area contributed by atoms with E-state index in [-0.39, 0.29) is 22.5 Å². The summed E-state index contributed by atoms with van der Waals surface area (Å²) < 4.78 is 44.0. The number of nitrogen functional groups attached to an aromatic ring is 1. The minimum absolute atomic E-state index is 0.0241. The number of hydrogen-bond acceptors (Lipinski definition) is 4. The van der Waals surface area contributed by atoms with Gasteiger partial charge in [0.15, 0.2) is 0 Å². The maximum atomic E-state index is 13.2. The number of anilines is 1. The number of halogens is 3. The molecule has 1 aromatic heterocycles. The zero-order valence-electron chi connectivity index (χ0n) is 11.0. The van der Waals surface area contributed by atoms with Crippen LogP contribution in [0.4, 0.5) is 18.9 Å². The molecule has 1 aromatic carbocycles. The van der Waals surface area contributed by atoms with Crippen LogP contribution < -0.4 is 5.73 Å². The molecule has 2 aromatic rings. The lowest BCUT2D eigenvalue weighted by atomic mass is 10.0. The minimum atomic E-state index is -4.53. The Bertz CT molecular complexity index is 650. The molecule has 0 aliphatic rings. The molecule has 0 unspecified atom stereocenters. The highest BCUT2D eigenvalue weighted by atomic mass is 32.1. The smallest absolute Gasteiger partial charge is 0.426 e. The first-order valence-electron chi connectivity index (χ1n) is 5.95. The molecule has 2 N–H and O–H groups in total. The van der Waals surface area contributed by atoms with Crippen molar-refractivity contribution >= 4 is 23.0 Å². The molecule has 0 amide bonds. The topological polar surface area (TPSA) is 52.3 Å². The maximum Gasteiger partial charge on any atom is 0.426 e. The van der Waals surface area contributed by atoms with Crippen LogP contribution in [0.25, 0.3) is 11.1 Å². The summed E-state index contributed by atoms with van der Waals surface area (Å²) in [5, 5.41) is 0. The number of thiophene rings is 1. The van der Waals surface area contributed by atoms with Crippen molar-refractivity contribution in [3.8, 4) is 11.1 Å². The van der Waals surface area contributed by atoms with Crippen LogP contribution in [0.2, 0.25) is 0 Å². The van der Waals surface area contributed by atoms with Crippen LogP contribution in [0.15, 0.2) is 30.3 Å². The number of hydrogen-bond donors (Lipinski definition) is 1. The van der Waals surface area contributed by atoms with Crippen molar-refractivity contribution < 1.29 is 22.7 Å². The van der Waals surface area contributed by atoms with E-state index in [1.807, 2.05) is 0 Å². The van der Waals surface area contributed by atoms with Crippen molar-refractivity contribution in [3.63, 3.8) is 0 Å². The molecule has 0 atom stereocenters. The number of ether oxygens (including phenoxy) is 1. The van der Waals surface area contributed by atoms with Crippen LogP contribution in [0, 0.1) is 0 Å². The largest absolute Gasteiger partial charge is 0.469 e. The number of carbonyl (C=O) groups excluding carboxylic acids is 1. The third-order valence-electron chi connectivity index (χ3n) is 2.87. The molecule has 0 bridgehead atoms. The van der Waals surface area contributed by atoms with Crippen molar-refractivity contribution in [2.24, 2.45) is 0 Å². The second kappa shape index (κ2) is 5.77. The van der Waals surface area contributed by atoms with Crippen molar-refractivity contribution in [2.45, 2.75) is 12.6 Å². The normalized spacial score (nSPS) is 11.4. The molecule has 0 radical (unpaired) electrons. The fraction of sp³-hybridized carbons (Fsp3) is 0.214. The third kappa shape index (κ3) is 3.18. The molecule has 0 spiro atoms. The van der Waals surface area contributed by atoms with E-state index in [4.69, 9.17) is 5.73 Å². The molecule has 112 valence electrons. The summed E-state index contributed by atoms with van der Waals surface area (Å²) in [5.74, 6) is -0.628. The van der Waals surface area contributed by atoms with Gasteiger partial charge < -0.3 is 10.5 Å². The number of nitrogens with two attached hydrogens (primary N) is 1. The molecule has 1 heterocycles. The summed E-state index contributed by atoms with van der Waals surface area (Å²) in [6, 6.07) is 8.07. The van der Waals surface area contributed by atoms with Crippen LogP contribution in [0.1, 0.15) is 9.75 Å². The molecule has 2 rings (SSSR count). The number of methoxy groups -OCH3 is 1. The first-order valence-corrected chi connectivity index (χ1v) is 6.76. The van der Waals surface area contributed by atoms with E-state index in [9.17, 15) is 18.0 Å². The standard InChI is InChI=1S/C14H12F3NO2S/c1-20-10(19)7-9-12(18)11(8-5-3-2-4-6-8)13(21-9)14(15,16)17/h2-6H,7,18H2,1H3. The van der Waals surface area contributed by atoms with Crippen LogP contribution >= 0.6 is 11.3 Å². The van der Waals surface area contributed by atoms with Crippen LogP contribution in [-0.4, -0.2) is 13.1 Å². The zero-order chi connectivity index (χ0) is 15.6. The summed E-state index contributed by atoms with van der Waals surface area (Å²) in [7, 11) is 1.18. The Labute approximate surface area is 123 Å². The van der Waals surface area contributed by atoms with Crippen molar-refractivity contribution in [1.82, 2.24) is 0 Å². The molecular weight excluding hydrogens is 303 g/mol. The quantitative estimate of drug-likeness (QED) is 0.878. The van der Waals surface area contributed by atoms with Gasteiger partial charge in [-0.25, -0.2) is 0 Å². The number of alkyl halides is 3. The monoisotopic (exact) mass is 315 g/mol. The van der Waals surface area contributed by atoms with Crippen LogP contribution in [-0.2, 0) is 22.1 Å². The fourth-order valence-electron chi connectivity index (χ4n) is 1.92. The Balaban J connectivity index is 2.59. The number of rotatable bonds is 3. The molecule has 0 saturated carbocycles. The Hall–Kier alpha value is -2.02. The predicted octanol–water partition coefficient (Wildman–Crippen LogP) is 3.73. The first kappa shape index (κ1) is 15.4. The fourth-order valence-corrected chi connectivity index (χ4v) is 3.01. The molecule has 3 nitrogen and oxygen atoms in total. The van der Waals surface area contributed by atoms with Gasteiger partial charge in [0.1, 0.15) is 4.88 Å². The zero-order valence-corrected chi connectivity index (χ0v) is 11.8. The van der Waals surface area contributed by atoms with Gasteiger partial charge in [-0.3, -0.25) is 4.79 Å². The lowest BCUT2D eigenvalue weighted by molar-refractivity contribution is -0.139. The molecule has 21 heavy (non-hydrogen) atoms. The summed E-state index contributed by atoms with van der Waals surface area (Å²) in [6.07, 6.45) is -4.80. The van der Waals surface area contributed by atoms with Crippen molar-refractivity contribution in [3.05, 3.63) is 40.1 Å². The lowest BCUT2D eigenvalue weighted by Crippen LogP contribution is -2.05. The van der Waals surface area contributed by atoms with E-state index in [0.717, 1.165) is 0 Å². The number of esters is 1. The summed E-state index contributed by atoms with van der Waals surface area (Å²) in [5.41, 5.74) is 6.11. The highest BCUT2D eigenvalue weighted by Gasteiger charge is 2.38. The van der Waals surface area contributed by atoms with E-state index in [1.54, 1.807) is 30.3 Å². The van der Waals surface area contributed by atoms with Gasteiger partial charge in [-0.05, 0) is 5.56 Å².